The number of aliphatic carboxylic acids is 3. The first-order chi connectivity index (χ1) is 8.03. The minimum Gasteiger partial charge on any atom is -0.481 e. The fourth-order valence-corrected chi connectivity index (χ4v) is 1.80. The first-order valence-corrected chi connectivity index (χ1v) is 5.30. The molecular formula is C10H18N2O6. The van der Waals surface area contributed by atoms with Gasteiger partial charge >= 0.3 is 17.9 Å². The van der Waals surface area contributed by atoms with Crippen LogP contribution in [0.3, 0.4) is 0 Å². The van der Waals surface area contributed by atoms with Crippen LogP contribution in [0.25, 0.3) is 0 Å². The third-order valence-electron chi connectivity index (χ3n) is 3.29. The Labute approximate surface area is 104 Å². The maximum Gasteiger partial charge on any atom is 0.326 e. The predicted molar refractivity (Wildman–Crippen MR) is 60.8 cm³/mol. The van der Waals surface area contributed by atoms with E-state index in [2.05, 4.69) is 0 Å². The average molecular weight is 262 g/mol. The standard InChI is InChI=1S/C10H18N2O6/c1-3-5(2)10(12,8(17)18)9(11,7(15)16)4-6(13)14/h5H,3-4,11-12H2,1-2H3,(H,13,14)(H,15,16)(H,17,18)/t5?,9?,10-/m1/s1. The molecule has 3 atom stereocenters. The van der Waals surface area contributed by atoms with E-state index in [1.165, 1.54) is 6.92 Å². The molecule has 0 aliphatic carbocycles. The molecular weight excluding hydrogens is 244 g/mol. The summed E-state index contributed by atoms with van der Waals surface area (Å²) in [5, 5.41) is 27.0. The van der Waals surface area contributed by atoms with Gasteiger partial charge in [-0.3, -0.25) is 14.4 Å². The lowest BCUT2D eigenvalue weighted by Gasteiger charge is -2.42. The number of nitrogens with two attached hydrogens (primary N) is 2. The van der Waals surface area contributed by atoms with E-state index >= 15 is 0 Å². The molecule has 0 heterocycles. The van der Waals surface area contributed by atoms with Crippen LogP contribution in [-0.4, -0.2) is 44.3 Å². The number of hydrogen-bond acceptors (Lipinski definition) is 5. The first kappa shape index (κ1) is 16.3. The van der Waals surface area contributed by atoms with Gasteiger partial charge in [0.1, 0.15) is 5.54 Å². The van der Waals surface area contributed by atoms with Gasteiger partial charge in [0, 0.05) is 0 Å². The van der Waals surface area contributed by atoms with Crippen LogP contribution in [0.15, 0.2) is 0 Å². The highest BCUT2D eigenvalue weighted by Gasteiger charge is 2.60. The summed E-state index contributed by atoms with van der Waals surface area (Å²) in [6.07, 6.45) is -0.829. The Morgan fingerprint density at radius 3 is 1.78 bits per heavy atom. The minimum atomic E-state index is -2.58. The van der Waals surface area contributed by atoms with Crippen molar-refractivity contribution >= 4 is 17.9 Å². The van der Waals surface area contributed by atoms with E-state index in [1.54, 1.807) is 6.92 Å². The van der Waals surface area contributed by atoms with Gasteiger partial charge in [-0.15, -0.1) is 0 Å². The molecule has 0 aromatic rings. The van der Waals surface area contributed by atoms with Gasteiger partial charge in [-0.2, -0.15) is 0 Å². The van der Waals surface area contributed by atoms with E-state index in [-0.39, 0.29) is 6.42 Å². The normalized spacial score (nSPS) is 19.3. The lowest BCUT2D eigenvalue weighted by atomic mass is 9.67. The highest BCUT2D eigenvalue weighted by atomic mass is 16.4. The fraction of sp³-hybridized carbons (Fsp3) is 0.700. The van der Waals surface area contributed by atoms with E-state index in [4.69, 9.17) is 21.7 Å². The van der Waals surface area contributed by atoms with Crippen LogP contribution in [0.1, 0.15) is 26.7 Å². The van der Waals surface area contributed by atoms with Gasteiger partial charge in [-0.25, -0.2) is 0 Å². The molecule has 7 N–H and O–H groups in total. The minimum absolute atomic E-state index is 0.245. The Kier molecular flexibility index (Phi) is 4.82. The zero-order valence-corrected chi connectivity index (χ0v) is 10.2. The molecule has 104 valence electrons. The molecule has 0 radical (unpaired) electrons. The molecule has 0 bridgehead atoms. The van der Waals surface area contributed by atoms with Crippen molar-refractivity contribution in [2.24, 2.45) is 17.4 Å². The highest BCUT2D eigenvalue weighted by molar-refractivity contribution is 5.95. The summed E-state index contributed by atoms with van der Waals surface area (Å²) in [5.74, 6) is -5.73. The van der Waals surface area contributed by atoms with Crippen LogP contribution in [-0.2, 0) is 14.4 Å². The Bertz CT molecular complexity index is 371. The van der Waals surface area contributed by atoms with Gasteiger partial charge in [-0.1, -0.05) is 20.3 Å². The largest absolute Gasteiger partial charge is 0.481 e. The summed E-state index contributed by atoms with van der Waals surface area (Å²) in [5.41, 5.74) is 6.21. The molecule has 0 aliphatic heterocycles. The molecule has 8 heteroatoms. The summed E-state index contributed by atoms with van der Waals surface area (Å²) in [4.78, 5) is 33.2. The molecule has 0 aliphatic rings. The Morgan fingerprint density at radius 1 is 1.11 bits per heavy atom. The van der Waals surface area contributed by atoms with Gasteiger partial charge in [0.15, 0.2) is 5.54 Å². The highest BCUT2D eigenvalue weighted by Crippen LogP contribution is 2.31. The van der Waals surface area contributed by atoms with Crippen LogP contribution < -0.4 is 11.5 Å². The number of carbonyl (C=O) groups is 3. The van der Waals surface area contributed by atoms with Crippen LogP contribution in [0.5, 0.6) is 0 Å². The molecule has 0 aromatic heterocycles. The van der Waals surface area contributed by atoms with Crippen molar-refractivity contribution in [2.75, 3.05) is 0 Å². The molecule has 0 spiro atoms. The van der Waals surface area contributed by atoms with Crippen molar-refractivity contribution in [1.29, 1.82) is 0 Å². The van der Waals surface area contributed by atoms with Crippen LogP contribution in [0.2, 0.25) is 0 Å². The van der Waals surface area contributed by atoms with Gasteiger partial charge in [-0.05, 0) is 5.92 Å². The third kappa shape index (κ3) is 2.44. The average Bonchev–Trinajstić information content (AvgIpc) is 2.24. The molecule has 0 saturated heterocycles. The number of carboxylic acids is 3. The van der Waals surface area contributed by atoms with Crippen molar-refractivity contribution in [3.05, 3.63) is 0 Å². The SMILES string of the molecule is CCC(C)[C@@](N)(C(=O)O)C(N)(CC(=O)O)C(=O)O. The number of rotatable bonds is 7. The smallest absolute Gasteiger partial charge is 0.326 e. The lowest BCUT2D eigenvalue weighted by Crippen LogP contribution is -2.76. The van der Waals surface area contributed by atoms with E-state index in [0.717, 1.165) is 0 Å². The maximum absolute atomic E-state index is 11.3. The lowest BCUT2D eigenvalue weighted by molar-refractivity contribution is -0.163. The van der Waals surface area contributed by atoms with E-state index in [0.29, 0.717) is 0 Å². The van der Waals surface area contributed by atoms with Crippen molar-refractivity contribution in [1.82, 2.24) is 0 Å². The molecule has 0 amide bonds. The second kappa shape index (κ2) is 5.32. The summed E-state index contributed by atoms with van der Waals surface area (Å²) in [6, 6.07) is 0. The van der Waals surface area contributed by atoms with Crippen LogP contribution in [0.4, 0.5) is 0 Å². The summed E-state index contributed by atoms with van der Waals surface area (Å²) < 4.78 is 0. The van der Waals surface area contributed by atoms with Crippen molar-refractivity contribution < 1.29 is 29.7 Å². The van der Waals surface area contributed by atoms with E-state index < -0.39 is 41.3 Å². The topological polar surface area (TPSA) is 164 Å². The van der Waals surface area contributed by atoms with E-state index in [1.807, 2.05) is 0 Å². The first-order valence-electron chi connectivity index (χ1n) is 5.30. The van der Waals surface area contributed by atoms with Gasteiger partial charge in [0.25, 0.3) is 0 Å². The molecule has 0 aromatic carbocycles. The summed E-state index contributed by atoms with van der Waals surface area (Å²) in [7, 11) is 0. The monoisotopic (exact) mass is 262 g/mol. The van der Waals surface area contributed by atoms with E-state index in [9.17, 15) is 19.5 Å². The van der Waals surface area contributed by atoms with Crippen molar-refractivity contribution in [3.8, 4) is 0 Å². The number of hydrogen-bond donors (Lipinski definition) is 5. The fourth-order valence-electron chi connectivity index (χ4n) is 1.80. The maximum atomic E-state index is 11.3. The van der Waals surface area contributed by atoms with Gasteiger partial charge in [0.05, 0.1) is 6.42 Å². The Hall–Kier alpha value is -1.67. The molecule has 2 unspecified atom stereocenters. The van der Waals surface area contributed by atoms with Crippen LogP contribution in [0, 0.1) is 5.92 Å². The van der Waals surface area contributed by atoms with Crippen molar-refractivity contribution in [2.45, 2.75) is 37.8 Å². The Morgan fingerprint density at radius 2 is 1.56 bits per heavy atom. The molecule has 8 nitrogen and oxygen atoms in total. The van der Waals surface area contributed by atoms with Crippen molar-refractivity contribution in [3.63, 3.8) is 0 Å². The van der Waals surface area contributed by atoms with Crippen LogP contribution >= 0.6 is 0 Å². The zero-order valence-electron chi connectivity index (χ0n) is 10.2. The van der Waals surface area contributed by atoms with Gasteiger partial charge < -0.3 is 26.8 Å². The zero-order chi connectivity index (χ0) is 14.7. The predicted octanol–water partition coefficient (Wildman–Crippen LogP) is -0.929. The molecule has 0 fully saturated rings. The Balaban J connectivity index is 5.87. The molecule has 18 heavy (non-hydrogen) atoms. The molecule has 0 saturated carbocycles. The third-order valence-corrected chi connectivity index (χ3v) is 3.29. The number of carboxylic acid groups (broad SMARTS) is 3. The summed E-state index contributed by atoms with van der Waals surface area (Å²) in [6.45, 7) is 3.03. The molecule has 0 rings (SSSR count). The quantitative estimate of drug-likeness (QED) is 0.392. The second-order valence-corrected chi connectivity index (χ2v) is 4.33. The van der Waals surface area contributed by atoms with Gasteiger partial charge in [0.2, 0.25) is 0 Å². The summed E-state index contributed by atoms with van der Waals surface area (Å²) >= 11 is 0. The second-order valence-electron chi connectivity index (χ2n) is 4.33.